The molecule has 0 aromatic heterocycles. The van der Waals surface area contributed by atoms with E-state index in [1.165, 1.54) is 0 Å². The molecule has 0 N–H and O–H groups in total. The molecule has 0 saturated heterocycles. The van der Waals surface area contributed by atoms with Crippen LogP contribution in [0.25, 0.3) is 0 Å². The van der Waals surface area contributed by atoms with E-state index in [1.807, 2.05) is 0 Å². The molecule has 0 spiro atoms. The van der Waals surface area contributed by atoms with Gasteiger partial charge in [0.05, 0.1) is 0 Å². The molecule has 0 aromatic carbocycles. The third kappa shape index (κ3) is 5.87. The molecule has 0 saturated carbocycles. The SMILES string of the molecule is [Hg][CH2]C[CH2][Hg]. The average molecular weight is 443 g/mol. The van der Waals surface area contributed by atoms with Crippen LogP contribution in [0, 0.1) is 0 Å². The van der Waals surface area contributed by atoms with Crippen molar-refractivity contribution in [2.75, 3.05) is 0 Å². The molecule has 0 unspecified atom stereocenters. The predicted octanol–water partition coefficient (Wildman–Crippen LogP) is 1.31. The van der Waals surface area contributed by atoms with E-state index in [0.717, 1.165) is 52.2 Å². The van der Waals surface area contributed by atoms with Gasteiger partial charge in [-0.3, -0.25) is 0 Å². The fourth-order valence-corrected chi connectivity index (χ4v) is 13.6. The number of hydrogen-bond acceptors (Lipinski definition) is 0. The van der Waals surface area contributed by atoms with Crippen LogP contribution in [0.4, 0.5) is 0 Å². The maximum atomic E-state index is 1.59. The third-order valence-electron chi connectivity index (χ3n) is 0.500. The van der Waals surface area contributed by atoms with E-state index in [-0.39, 0.29) is 0 Å². The molecule has 0 aliphatic carbocycles. The summed E-state index contributed by atoms with van der Waals surface area (Å²) < 4.78 is 3.17. The van der Waals surface area contributed by atoms with Crippen LogP contribution in [0.1, 0.15) is 6.42 Å². The second-order valence-corrected chi connectivity index (χ2v) is 6.56. The molecule has 0 aliphatic heterocycles. The Morgan fingerprint density at radius 2 is 1.40 bits per heavy atom. The van der Waals surface area contributed by atoms with Crippen LogP contribution in [0.2, 0.25) is 7.86 Å². The van der Waals surface area contributed by atoms with Gasteiger partial charge in [0.2, 0.25) is 0 Å². The van der Waals surface area contributed by atoms with Gasteiger partial charge in [-0.2, -0.15) is 0 Å². The summed E-state index contributed by atoms with van der Waals surface area (Å²) in [6.45, 7) is 0. The summed E-state index contributed by atoms with van der Waals surface area (Å²) >= 11 is 2.21. The van der Waals surface area contributed by atoms with E-state index in [4.69, 9.17) is 0 Å². The normalized spacial score (nSPS) is 8.80. The van der Waals surface area contributed by atoms with Crippen LogP contribution in [0.3, 0.4) is 0 Å². The van der Waals surface area contributed by atoms with Crippen LogP contribution in [0.5, 0.6) is 0 Å². The predicted molar refractivity (Wildman–Crippen MR) is 14.2 cm³/mol. The molecule has 0 radical (unpaired) electrons. The zero-order valence-corrected chi connectivity index (χ0v) is 14.5. The second-order valence-electron chi connectivity index (χ2n) is 1.06. The van der Waals surface area contributed by atoms with E-state index >= 15 is 0 Å². The van der Waals surface area contributed by atoms with Crippen molar-refractivity contribution in [1.82, 2.24) is 0 Å². The molecule has 0 heterocycles. The van der Waals surface area contributed by atoms with Crippen molar-refractivity contribution in [3.8, 4) is 0 Å². The van der Waals surface area contributed by atoms with Crippen LogP contribution < -0.4 is 0 Å². The van der Waals surface area contributed by atoms with Gasteiger partial charge in [0, 0.05) is 0 Å². The Morgan fingerprint density at radius 1 is 1.00 bits per heavy atom. The molecule has 0 atom stereocenters. The van der Waals surface area contributed by atoms with E-state index in [1.54, 1.807) is 14.3 Å². The minimum absolute atomic E-state index is 1.10. The maximum absolute atomic E-state index is 1.59. The summed E-state index contributed by atoms with van der Waals surface area (Å²) in [7, 11) is 0. The van der Waals surface area contributed by atoms with Crippen LogP contribution in [-0.4, -0.2) is 0 Å². The minimum atomic E-state index is 1.10. The molecule has 0 aromatic rings. The van der Waals surface area contributed by atoms with Gasteiger partial charge in [-0.15, -0.1) is 0 Å². The van der Waals surface area contributed by atoms with Crippen molar-refractivity contribution in [1.29, 1.82) is 0 Å². The van der Waals surface area contributed by atoms with Gasteiger partial charge in [0.1, 0.15) is 0 Å². The summed E-state index contributed by atoms with van der Waals surface area (Å²) in [5.41, 5.74) is 0. The fraction of sp³-hybridized carbons (Fsp3) is 1.00. The second kappa shape index (κ2) is 5.87. The summed E-state index contributed by atoms with van der Waals surface area (Å²) in [6, 6.07) is 0. The van der Waals surface area contributed by atoms with E-state index < -0.39 is 0 Å². The first-order valence-electron chi connectivity index (χ1n) is 2.00. The van der Waals surface area contributed by atoms with Gasteiger partial charge in [0.25, 0.3) is 0 Å². The molecular formula is C3H6Hg2. The Bertz CT molecular complexity index is 12.4. The van der Waals surface area contributed by atoms with Gasteiger partial charge in [-0.1, -0.05) is 0 Å². The van der Waals surface area contributed by atoms with Gasteiger partial charge in [0.15, 0.2) is 0 Å². The van der Waals surface area contributed by atoms with Gasteiger partial charge >= 0.3 is 66.5 Å². The van der Waals surface area contributed by atoms with Crippen molar-refractivity contribution in [2.24, 2.45) is 0 Å². The standard InChI is InChI=1S/C3H6.2Hg/c1-3-2;;/h1-3H2;;. The average Bonchev–Trinajstić information content (AvgIpc) is 1.41. The zero-order valence-electron chi connectivity index (χ0n) is 3.54. The molecular weight excluding hydrogens is 437 g/mol. The van der Waals surface area contributed by atoms with E-state index in [0.29, 0.717) is 0 Å². The quantitative estimate of drug-likeness (QED) is 0.565. The van der Waals surface area contributed by atoms with Gasteiger partial charge in [-0.05, 0) is 0 Å². The summed E-state index contributed by atoms with van der Waals surface area (Å²) in [5.74, 6) is 0. The first-order chi connectivity index (χ1) is 2.41. The number of rotatable bonds is 2. The van der Waals surface area contributed by atoms with Crippen molar-refractivity contribution < 1.29 is 52.2 Å². The summed E-state index contributed by atoms with van der Waals surface area (Å²) in [6.07, 6.45) is 1.56. The first kappa shape index (κ1) is 6.87. The molecule has 0 bridgehead atoms. The van der Waals surface area contributed by atoms with Crippen LogP contribution in [0.15, 0.2) is 0 Å². The first-order valence-corrected chi connectivity index (χ1v) is 9.77. The zero-order chi connectivity index (χ0) is 4.12. The van der Waals surface area contributed by atoms with E-state index in [9.17, 15) is 0 Å². The van der Waals surface area contributed by atoms with Crippen molar-refractivity contribution >= 4 is 0 Å². The molecule has 0 aliphatic rings. The molecule has 0 fully saturated rings. The van der Waals surface area contributed by atoms with Crippen LogP contribution in [-0.2, 0) is 52.2 Å². The third-order valence-corrected chi connectivity index (χ3v) is 4.39. The molecule has 0 nitrogen and oxygen atoms in total. The van der Waals surface area contributed by atoms with Crippen LogP contribution >= 0.6 is 0 Å². The Labute approximate surface area is 65.7 Å². The summed E-state index contributed by atoms with van der Waals surface area (Å²) in [5, 5.41) is 0. The Hall–Kier alpha value is 1.87. The van der Waals surface area contributed by atoms with Gasteiger partial charge < -0.3 is 0 Å². The van der Waals surface area contributed by atoms with E-state index in [2.05, 4.69) is 0 Å². The Balaban J connectivity index is 2.19. The van der Waals surface area contributed by atoms with Crippen molar-refractivity contribution in [3.05, 3.63) is 0 Å². The van der Waals surface area contributed by atoms with Crippen molar-refractivity contribution in [3.63, 3.8) is 0 Å². The molecule has 0 rings (SSSR count). The number of hydrogen-bond donors (Lipinski definition) is 0. The topological polar surface area (TPSA) is 0 Å². The Kier molecular flexibility index (Phi) is 8.07. The van der Waals surface area contributed by atoms with Crippen molar-refractivity contribution in [2.45, 2.75) is 14.3 Å². The van der Waals surface area contributed by atoms with Gasteiger partial charge in [-0.25, -0.2) is 0 Å². The Morgan fingerprint density at radius 3 is 1.40 bits per heavy atom. The fourth-order valence-electron chi connectivity index (χ4n) is 0.177. The monoisotopic (exact) mass is 446 g/mol. The molecule has 0 amide bonds. The molecule has 5 heavy (non-hydrogen) atoms. The summed E-state index contributed by atoms with van der Waals surface area (Å²) in [4.78, 5) is 0. The molecule has 2 heteroatoms. The molecule has 22 valence electrons.